The predicted molar refractivity (Wildman–Crippen MR) is 132 cm³/mol. The van der Waals surface area contributed by atoms with Gasteiger partial charge in [-0.2, -0.15) is 0 Å². The van der Waals surface area contributed by atoms with E-state index in [1.807, 2.05) is 0 Å². The number of amides is 3. The summed E-state index contributed by atoms with van der Waals surface area (Å²) in [5, 5.41) is 4.79. The summed E-state index contributed by atoms with van der Waals surface area (Å²) in [4.78, 5) is 30.0. The maximum absolute atomic E-state index is 15.1. The number of urea groups is 1. The second-order valence-electron chi connectivity index (χ2n) is 8.09. The highest BCUT2D eigenvalue weighted by molar-refractivity contribution is 7.92. The van der Waals surface area contributed by atoms with Gasteiger partial charge in [0.05, 0.1) is 17.6 Å². The lowest BCUT2D eigenvalue weighted by molar-refractivity contribution is -0.118. The predicted octanol–water partition coefficient (Wildman–Crippen LogP) is 4.12. The average Bonchev–Trinajstić information content (AvgIpc) is 3.17. The Morgan fingerprint density at radius 1 is 1.11 bits per heavy atom. The van der Waals surface area contributed by atoms with Crippen molar-refractivity contribution in [2.45, 2.75) is 12.5 Å². The van der Waals surface area contributed by atoms with Crippen LogP contribution in [-0.4, -0.2) is 44.2 Å². The van der Waals surface area contributed by atoms with Gasteiger partial charge in [-0.05, 0) is 48.9 Å². The zero-order valence-electron chi connectivity index (χ0n) is 19.1. The van der Waals surface area contributed by atoms with Crippen molar-refractivity contribution in [2.24, 2.45) is 0 Å². The Labute approximate surface area is 214 Å². The van der Waals surface area contributed by atoms with E-state index in [0.717, 1.165) is 17.2 Å². The van der Waals surface area contributed by atoms with Crippen molar-refractivity contribution in [3.8, 4) is 11.1 Å². The minimum atomic E-state index is -3.75. The quantitative estimate of drug-likeness (QED) is 0.424. The Hall–Kier alpha value is -3.84. The van der Waals surface area contributed by atoms with Crippen LogP contribution in [0.3, 0.4) is 0 Å². The summed E-state index contributed by atoms with van der Waals surface area (Å²) in [5.74, 6) is -4.32. The third-order valence-electron chi connectivity index (χ3n) is 5.42. The molecule has 1 saturated heterocycles. The van der Waals surface area contributed by atoms with Gasteiger partial charge in [-0.15, -0.1) is 0 Å². The number of aromatic nitrogens is 1. The van der Waals surface area contributed by atoms with Crippen molar-refractivity contribution in [2.75, 3.05) is 27.7 Å². The SMILES string of the molecule is CS(=O)(=O)Nc1ncccc1-c1ccc(N2CC[C@@H](NC(=O)Nc3ccc(Cl)cc3F)C2=O)c(F)c1F. The molecule has 3 aromatic rings. The minimum Gasteiger partial charge on any atom is -0.326 e. The van der Waals surface area contributed by atoms with Crippen LogP contribution in [0.25, 0.3) is 11.1 Å². The molecule has 1 atom stereocenters. The van der Waals surface area contributed by atoms with E-state index in [4.69, 9.17) is 11.6 Å². The van der Waals surface area contributed by atoms with Gasteiger partial charge >= 0.3 is 6.03 Å². The molecule has 0 unspecified atom stereocenters. The monoisotopic (exact) mass is 553 g/mol. The summed E-state index contributed by atoms with van der Waals surface area (Å²) in [6.07, 6.45) is 2.26. The van der Waals surface area contributed by atoms with E-state index in [2.05, 4.69) is 20.3 Å². The second-order valence-corrected chi connectivity index (χ2v) is 10.3. The number of anilines is 3. The molecule has 0 spiro atoms. The Bertz CT molecular complexity index is 1510. The molecule has 1 fully saturated rings. The van der Waals surface area contributed by atoms with Crippen LogP contribution in [0.4, 0.5) is 35.2 Å². The Morgan fingerprint density at radius 2 is 1.86 bits per heavy atom. The van der Waals surface area contributed by atoms with E-state index in [1.165, 1.54) is 42.6 Å². The first kappa shape index (κ1) is 26.2. The van der Waals surface area contributed by atoms with Gasteiger partial charge < -0.3 is 15.5 Å². The van der Waals surface area contributed by atoms with E-state index < -0.39 is 45.5 Å². The first-order valence-electron chi connectivity index (χ1n) is 10.7. The zero-order chi connectivity index (χ0) is 26.9. The lowest BCUT2D eigenvalue weighted by Gasteiger charge is -2.20. The average molecular weight is 554 g/mol. The summed E-state index contributed by atoms with van der Waals surface area (Å²) in [6.45, 7) is -0.0252. The molecule has 14 heteroatoms. The molecule has 0 aliphatic carbocycles. The van der Waals surface area contributed by atoms with Crippen LogP contribution < -0.4 is 20.3 Å². The fraction of sp³-hybridized carbons (Fsp3) is 0.174. The Morgan fingerprint density at radius 3 is 2.57 bits per heavy atom. The summed E-state index contributed by atoms with van der Waals surface area (Å²) in [5.41, 5.74) is -0.797. The van der Waals surface area contributed by atoms with Crippen LogP contribution in [0, 0.1) is 17.5 Å². The van der Waals surface area contributed by atoms with Crippen LogP contribution >= 0.6 is 11.6 Å². The number of carbonyl (C=O) groups excluding carboxylic acids is 2. The first-order chi connectivity index (χ1) is 17.4. The summed E-state index contributed by atoms with van der Waals surface area (Å²) in [6, 6.07) is 6.85. The highest BCUT2D eigenvalue weighted by atomic mass is 35.5. The molecular formula is C23H19ClF3N5O4S. The molecule has 0 saturated carbocycles. The number of pyridine rings is 1. The number of rotatable bonds is 6. The van der Waals surface area contributed by atoms with Gasteiger partial charge in [-0.1, -0.05) is 11.6 Å². The molecular weight excluding hydrogens is 535 g/mol. The standard InChI is InChI=1S/C23H19ClF3N5O4S/c1-37(35,36)31-21-14(3-2-9-28-21)13-5-7-18(20(27)19(13)26)32-10-8-17(22(32)33)30-23(34)29-16-6-4-12(24)11-15(16)25/h2-7,9,11,17H,8,10H2,1H3,(H,28,31)(H2,29,30,34)/t17-/m1/s1. The third kappa shape index (κ3) is 5.78. The van der Waals surface area contributed by atoms with Gasteiger partial charge in [0, 0.05) is 28.9 Å². The van der Waals surface area contributed by atoms with E-state index >= 15 is 8.78 Å². The summed E-state index contributed by atoms with van der Waals surface area (Å²) in [7, 11) is -3.75. The van der Waals surface area contributed by atoms with E-state index in [0.29, 0.717) is 0 Å². The number of sulfonamides is 1. The highest BCUT2D eigenvalue weighted by Crippen LogP contribution is 2.35. The molecule has 1 aromatic heterocycles. The van der Waals surface area contributed by atoms with Crippen LogP contribution in [0.1, 0.15) is 6.42 Å². The van der Waals surface area contributed by atoms with Crippen molar-refractivity contribution in [1.29, 1.82) is 0 Å². The smallest absolute Gasteiger partial charge is 0.319 e. The van der Waals surface area contributed by atoms with Gasteiger partial charge in [0.2, 0.25) is 15.9 Å². The third-order valence-corrected chi connectivity index (χ3v) is 6.22. The number of carbonyl (C=O) groups is 2. The maximum Gasteiger partial charge on any atom is 0.319 e. The Balaban J connectivity index is 1.52. The van der Waals surface area contributed by atoms with Gasteiger partial charge in [0.25, 0.3) is 0 Å². The van der Waals surface area contributed by atoms with Crippen LogP contribution in [0.2, 0.25) is 5.02 Å². The van der Waals surface area contributed by atoms with E-state index in [1.54, 1.807) is 0 Å². The molecule has 1 aliphatic rings. The molecule has 3 amide bonds. The lowest BCUT2D eigenvalue weighted by Crippen LogP contribution is -2.43. The van der Waals surface area contributed by atoms with Crippen molar-refractivity contribution in [1.82, 2.24) is 10.3 Å². The number of hydrogen-bond acceptors (Lipinski definition) is 5. The van der Waals surface area contributed by atoms with Gasteiger partial charge in [0.15, 0.2) is 11.6 Å². The fourth-order valence-corrected chi connectivity index (χ4v) is 4.47. The second kappa shape index (κ2) is 10.3. The molecule has 9 nitrogen and oxygen atoms in total. The van der Waals surface area contributed by atoms with Crippen molar-refractivity contribution >= 4 is 50.8 Å². The normalized spacial score (nSPS) is 15.5. The number of nitrogens with zero attached hydrogens (tertiary/aromatic N) is 2. The van der Waals surface area contributed by atoms with Crippen LogP contribution in [-0.2, 0) is 14.8 Å². The number of halogens is 4. The molecule has 4 rings (SSSR count). The summed E-state index contributed by atoms with van der Waals surface area (Å²) < 4.78 is 69.5. The molecule has 37 heavy (non-hydrogen) atoms. The van der Waals surface area contributed by atoms with E-state index in [9.17, 15) is 22.4 Å². The molecule has 2 aromatic carbocycles. The molecule has 0 radical (unpaired) electrons. The fourth-order valence-electron chi connectivity index (χ4n) is 3.80. The number of nitrogens with one attached hydrogen (secondary N) is 3. The van der Waals surface area contributed by atoms with E-state index in [-0.39, 0.29) is 46.3 Å². The van der Waals surface area contributed by atoms with Crippen LogP contribution in [0.15, 0.2) is 48.7 Å². The molecule has 194 valence electrons. The molecule has 1 aliphatic heterocycles. The molecule has 0 bridgehead atoms. The number of benzene rings is 2. The minimum absolute atomic E-state index is 0.00531. The summed E-state index contributed by atoms with van der Waals surface area (Å²) >= 11 is 5.68. The first-order valence-corrected chi connectivity index (χ1v) is 13.0. The lowest BCUT2D eigenvalue weighted by atomic mass is 10.0. The van der Waals surface area contributed by atoms with Crippen molar-refractivity contribution in [3.05, 3.63) is 71.1 Å². The topological polar surface area (TPSA) is 120 Å². The van der Waals surface area contributed by atoms with Crippen molar-refractivity contribution in [3.63, 3.8) is 0 Å². The van der Waals surface area contributed by atoms with Gasteiger partial charge in [-0.3, -0.25) is 9.52 Å². The van der Waals surface area contributed by atoms with Gasteiger partial charge in [-0.25, -0.2) is 31.4 Å². The van der Waals surface area contributed by atoms with Crippen molar-refractivity contribution < 1.29 is 31.2 Å². The molecule has 2 heterocycles. The maximum atomic E-state index is 15.1. The zero-order valence-corrected chi connectivity index (χ0v) is 20.6. The Kier molecular flexibility index (Phi) is 7.28. The largest absolute Gasteiger partial charge is 0.326 e. The van der Waals surface area contributed by atoms with Gasteiger partial charge in [0.1, 0.15) is 17.7 Å². The molecule has 3 N–H and O–H groups in total. The number of hydrogen-bond donors (Lipinski definition) is 3. The highest BCUT2D eigenvalue weighted by Gasteiger charge is 2.36. The van der Waals surface area contributed by atoms with Crippen LogP contribution in [0.5, 0.6) is 0 Å².